The molecule has 2 aromatic heterocycles. The summed E-state index contributed by atoms with van der Waals surface area (Å²) in [6, 6.07) is 38.1. The Morgan fingerprint density at radius 3 is 1.96 bits per heavy atom. The van der Waals surface area contributed by atoms with Crippen molar-refractivity contribution < 1.29 is 0 Å². The molecule has 2 heteroatoms. The standard InChI is InChI=1S/C45H38N2/c1-28-15-14-22-32-35-27-45(4,26-25-36(35)44(2,3)41(28)32)47-38-24-13-11-21-34(38)40-31-19-9-8-18-30(31)39-33-20-10-12-23-37(33)46(42(39)43(40)47)29-16-6-5-7-17-29/h5-14,16-26,28H,15,27H2,1-4H3. The van der Waals surface area contributed by atoms with Gasteiger partial charge in [-0.15, -0.1) is 0 Å². The van der Waals surface area contributed by atoms with Crippen LogP contribution in [-0.4, -0.2) is 9.13 Å². The van der Waals surface area contributed by atoms with Gasteiger partial charge in [0.05, 0.1) is 22.1 Å². The number of para-hydroxylation sites is 3. The van der Waals surface area contributed by atoms with Gasteiger partial charge in [0, 0.05) is 44.6 Å². The van der Waals surface area contributed by atoms with Crippen molar-refractivity contribution in [2.45, 2.75) is 46.1 Å². The highest BCUT2D eigenvalue weighted by atomic mass is 15.1. The number of allylic oxidation sites excluding steroid dienone is 8. The highest BCUT2D eigenvalue weighted by Gasteiger charge is 2.45. The minimum absolute atomic E-state index is 0.0523. The first-order valence-corrected chi connectivity index (χ1v) is 17.2. The summed E-state index contributed by atoms with van der Waals surface area (Å²) in [7, 11) is 0. The van der Waals surface area contributed by atoms with E-state index in [2.05, 4.69) is 164 Å². The molecule has 3 aliphatic carbocycles. The number of rotatable bonds is 2. The highest BCUT2D eigenvalue weighted by Crippen LogP contribution is 2.58. The minimum Gasteiger partial charge on any atom is -0.329 e. The lowest BCUT2D eigenvalue weighted by atomic mass is 9.72. The Labute approximate surface area is 275 Å². The molecular formula is C45H38N2. The van der Waals surface area contributed by atoms with Gasteiger partial charge in [0.2, 0.25) is 0 Å². The fraction of sp³-hybridized carbons (Fsp3) is 0.200. The molecule has 0 saturated heterocycles. The van der Waals surface area contributed by atoms with Crippen LogP contribution in [-0.2, 0) is 5.54 Å². The van der Waals surface area contributed by atoms with E-state index in [-0.39, 0.29) is 11.0 Å². The van der Waals surface area contributed by atoms with E-state index in [9.17, 15) is 0 Å². The summed E-state index contributed by atoms with van der Waals surface area (Å²) < 4.78 is 5.24. The Morgan fingerprint density at radius 2 is 1.23 bits per heavy atom. The minimum atomic E-state index is -0.277. The lowest BCUT2D eigenvalue weighted by molar-refractivity contribution is 0.420. The summed E-state index contributed by atoms with van der Waals surface area (Å²) in [5, 5.41) is 7.92. The fourth-order valence-electron chi connectivity index (χ4n) is 9.85. The van der Waals surface area contributed by atoms with Crippen molar-refractivity contribution >= 4 is 54.4 Å². The fourth-order valence-corrected chi connectivity index (χ4v) is 9.85. The van der Waals surface area contributed by atoms with E-state index in [1.54, 1.807) is 5.57 Å². The van der Waals surface area contributed by atoms with E-state index in [1.807, 2.05) is 0 Å². The van der Waals surface area contributed by atoms with E-state index < -0.39 is 0 Å². The van der Waals surface area contributed by atoms with Crippen LogP contribution >= 0.6 is 0 Å². The number of fused-ring (bicyclic) bond motifs is 11. The molecule has 0 spiro atoms. The molecule has 2 atom stereocenters. The molecule has 2 unspecified atom stereocenters. The summed E-state index contributed by atoms with van der Waals surface area (Å²) in [5.41, 5.74) is 12.3. The zero-order valence-corrected chi connectivity index (χ0v) is 27.5. The summed E-state index contributed by atoms with van der Waals surface area (Å²) in [5.74, 6) is 0.566. The van der Waals surface area contributed by atoms with Crippen LogP contribution in [0, 0.1) is 11.3 Å². The van der Waals surface area contributed by atoms with Gasteiger partial charge in [0.15, 0.2) is 0 Å². The number of hydrogen-bond donors (Lipinski definition) is 0. The maximum Gasteiger partial charge on any atom is 0.0792 e. The van der Waals surface area contributed by atoms with Crippen molar-refractivity contribution in [3.63, 3.8) is 0 Å². The first-order valence-electron chi connectivity index (χ1n) is 17.2. The van der Waals surface area contributed by atoms with Gasteiger partial charge < -0.3 is 9.13 Å². The molecule has 0 radical (unpaired) electrons. The molecule has 2 heterocycles. The number of aromatic nitrogens is 2. The van der Waals surface area contributed by atoms with E-state index >= 15 is 0 Å². The monoisotopic (exact) mass is 606 g/mol. The molecule has 0 bridgehead atoms. The van der Waals surface area contributed by atoms with Crippen LogP contribution in [0.15, 0.2) is 150 Å². The van der Waals surface area contributed by atoms with Gasteiger partial charge in [-0.2, -0.15) is 0 Å². The van der Waals surface area contributed by atoms with E-state index in [4.69, 9.17) is 0 Å². The maximum absolute atomic E-state index is 2.71. The molecule has 3 aliphatic rings. The molecule has 228 valence electrons. The van der Waals surface area contributed by atoms with Gasteiger partial charge in [-0.3, -0.25) is 0 Å². The second-order valence-corrected chi connectivity index (χ2v) is 14.8. The molecule has 2 nitrogen and oxygen atoms in total. The van der Waals surface area contributed by atoms with Gasteiger partial charge in [-0.1, -0.05) is 124 Å². The number of nitrogens with zero attached hydrogens (tertiary/aromatic N) is 2. The Hall–Kier alpha value is -5.08. The zero-order chi connectivity index (χ0) is 31.7. The van der Waals surface area contributed by atoms with Crippen molar-refractivity contribution in [3.05, 3.63) is 150 Å². The molecule has 0 amide bonds. The molecular weight excluding hydrogens is 569 g/mol. The second-order valence-electron chi connectivity index (χ2n) is 14.8. The number of hydrogen-bond acceptors (Lipinski definition) is 0. The van der Waals surface area contributed by atoms with Gasteiger partial charge in [0.25, 0.3) is 0 Å². The Balaban J connectivity index is 1.39. The first kappa shape index (κ1) is 27.1. The Kier molecular flexibility index (Phi) is 5.33. The van der Waals surface area contributed by atoms with E-state index in [0.29, 0.717) is 5.92 Å². The predicted molar refractivity (Wildman–Crippen MR) is 199 cm³/mol. The molecule has 0 N–H and O–H groups in total. The lowest BCUT2D eigenvalue weighted by Gasteiger charge is -2.36. The highest BCUT2D eigenvalue weighted by molar-refractivity contribution is 6.36. The van der Waals surface area contributed by atoms with Crippen molar-refractivity contribution in [2.24, 2.45) is 11.3 Å². The Morgan fingerprint density at radius 1 is 0.638 bits per heavy atom. The molecule has 0 aliphatic heterocycles. The van der Waals surface area contributed by atoms with Crippen LogP contribution in [0.25, 0.3) is 60.1 Å². The Bertz CT molecular complexity index is 2610. The first-order chi connectivity index (χ1) is 22.9. The molecule has 10 rings (SSSR count). The van der Waals surface area contributed by atoms with Crippen molar-refractivity contribution in [3.8, 4) is 5.69 Å². The summed E-state index contributed by atoms with van der Waals surface area (Å²) in [4.78, 5) is 0. The van der Waals surface area contributed by atoms with E-state index in [1.165, 1.54) is 76.8 Å². The predicted octanol–water partition coefficient (Wildman–Crippen LogP) is 11.9. The van der Waals surface area contributed by atoms with Crippen molar-refractivity contribution in [1.82, 2.24) is 9.13 Å². The maximum atomic E-state index is 2.71. The second kappa shape index (κ2) is 9.26. The molecule has 0 saturated carbocycles. The SMILES string of the molecule is CC1CC=CC2=C1C(C)(C)C1=C2CC(C)(n2c3ccccc3c3c4ccccc4c4c5ccccc5n(-c5ccccc5)c4c32)C=C1. The molecule has 7 aromatic rings. The third-order valence-electron chi connectivity index (χ3n) is 11.7. The van der Waals surface area contributed by atoms with Crippen LogP contribution < -0.4 is 0 Å². The van der Waals surface area contributed by atoms with Crippen LogP contribution in [0.5, 0.6) is 0 Å². The van der Waals surface area contributed by atoms with Gasteiger partial charge in [0.1, 0.15) is 0 Å². The van der Waals surface area contributed by atoms with Crippen LogP contribution in [0.1, 0.15) is 40.5 Å². The zero-order valence-electron chi connectivity index (χ0n) is 27.5. The third kappa shape index (κ3) is 3.41. The molecule has 5 aromatic carbocycles. The van der Waals surface area contributed by atoms with Crippen LogP contribution in [0.3, 0.4) is 0 Å². The average molecular weight is 607 g/mol. The van der Waals surface area contributed by atoms with Crippen molar-refractivity contribution in [1.29, 1.82) is 0 Å². The quantitative estimate of drug-likeness (QED) is 0.185. The topological polar surface area (TPSA) is 9.86 Å². The summed E-state index contributed by atoms with van der Waals surface area (Å²) in [6.07, 6.45) is 12.0. The lowest BCUT2D eigenvalue weighted by Crippen LogP contribution is -2.31. The largest absolute Gasteiger partial charge is 0.329 e. The smallest absolute Gasteiger partial charge is 0.0792 e. The normalized spacial score (nSPS) is 22.0. The van der Waals surface area contributed by atoms with E-state index in [0.717, 1.165) is 12.8 Å². The average Bonchev–Trinajstić information content (AvgIpc) is 3.70. The van der Waals surface area contributed by atoms with Gasteiger partial charge >= 0.3 is 0 Å². The van der Waals surface area contributed by atoms with Crippen LogP contribution in [0.2, 0.25) is 0 Å². The summed E-state index contributed by atoms with van der Waals surface area (Å²) >= 11 is 0. The number of benzene rings is 5. The molecule has 47 heavy (non-hydrogen) atoms. The van der Waals surface area contributed by atoms with Crippen LogP contribution in [0.4, 0.5) is 0 Å². The van der Waals surface area contributed by atoms with Gasteiger partial charge in [-0.05, 0) is 76.6 Å². The third-order valence-corrected chi connectivity index (χ3v) is 11.7. The van der Waals surface area contributed by atoms with Gasteiger partial charge in [-0.25, -0.2) is 0 Å². The van der Waals surface area contributed by atoms with Crippen molar-refractivity contribution in [2.75, 3.05) is 0 Å². The summed E-state index contributed by atoms with van der Waals surface area (Å²) in [6.45, 7) is 9.78. The molecule has 0 fully saturated rings.